The topological polar surface area (TPSA) is 108 Å². The molecule has 3 N–H and O–H groups in total. The summed E-state index contributed by atoms with van der Waals surface area (Å²) in [7, 11) is 3.32. The van der Waals surface area contributed by atoms with E-state index >= 15 is 0 Å². The summed E-state index contributed by atoms with van der Waals surface area (Å²) >= 11 is 0. The number of nitrogens with two attached hydrogens (primary N) is 1. The highest BCUT2D eigenvalue weighted by Crippen LogP contribution is 2.19. The molecule has 0 fully saturated rings. The Hall–Kier alpha value is -2.32. The van der Waals surface area contributed by atoms with E-state index in [-0.39, 0.29) is 5.91 Å². The molecule has 1 unspecified atom stereocenters. The van der Waals surface area contributed by atoms with Gasteiger partial charge in [-0.25, -0.2) is 4.68 Å². The number of hydrogen-bond donors (Lipinski definition) is 2. The summed E-state index contributed by atoms with van der Waals surface area (Å²) in [6.45, 7) is 0.444. The fourth-order valence-electron chi connectivity index (χ4n) is 1.82. The molecule has 0 aliphatic carbocycles. The Kier molecular flexibility index (Phi) is 4.96. The normalized spacial score (nSPS) is 12.1. The standard InChI is InChI=1S/C13H18N6O2/c1-19-12(16-17-18-19)9-4-3-5-10(8-9)15-13(20)11(14)6-7-21-2/h3-5,8,11H,6-7,14H2,1-2H3,(H,15,20). The fourth-order valence-corrected chi connectivity index (χ4v) is 1.82. The van der Waals surface area contributed by atoms with Gasteiger partial charge in [0.05, 0.1) is 6.04 Å². The van der Waals surface area contributed by atoms with Gasteiger partial charge in [0.2, 0.25) is 5.91 Å². The molecule has 0 aliphatic heterocycles. The Morgan fingerprint density at radius 3 is 3.00 bits per heavy atom. The predicted octanol–water partition coefficient (Wildman–Crippen LogP) is 0.179. The molecule has 1 atom stereocenters. The highest BCUT2D eigenvalue weighted by atomic mass is 16.5. The molecule has 1 heterocycles. The van der Waals surface area contributed by atoms with Crippen LogP contribution in [0, 0.1) is 0 Å². The Balaban J connectivity index is 2.08. The van der Waals surface area contributed by atoms with Crippen molar-refractivity contribution in [1.29, 1.82) is 0 Å². The summed E-state index contributed by atoms with van der Waals surface area (Å²) < 4.78 is 6.47. The van der Waals surface area contributed by atoms with Crippen LogP contribution in [-0.4, -0.2) is 45.9 Å². The van der Waals surface area contributed by atoms with E-state index in [2.05, 4.69) is 20.8 Å². The molecule has 0 aliphatic rings. The van der Waals surface area contributed by atoms with Crippen molar-refractivity contribution >= 4 is 11.6 Å². The first kappa shape index (κ1) is 15.1. The van der Waals surface area contributed by atoms with Crippen LogP contribution in [0.5, 0.6) is 0 Å². The number of aromatic nitrogens is 4. The average molecular weight is 290 g/mol. The van der Waals surface area contributed by atoms with Crippen molar-refractivity contribution in [3.63, 3.8) is 0 Å². The lowest BCUT2D eigenvalue weighted by Gasteiger charge is -2.12. The number of aryl methyl sites for hydroxylation is 1. The molecule has 2 rings (SSSR count). The number of nitrogens with one attached hydrogen (secondary N) is 1. The first-order chi connectivity index (χ1) is 10.1. The van der Waals surface area contributed by atoms with Gasteiger partial charge in [-0.3, -0.25) is 4.79 Å². The molecule has 0 bridgehead atoms. The largest absolute Gasteiger partial charge is 0.385 e. The molecule has 8 nitrogen and oxygen atoms in total. The maximum atomic E-state index is 11.9. The van der Waals surface area contributed by atoms with E-state index in [0.29, 0.717) is 24.5 Å². The summed E-state index contributed by atoms with van der Waals surface area (Å²) in [5.41, 5.74) is 7.24. The van der Waals surface area contributed by atoms with Crippen LogP contribution in [0.1, 0.15) is 6.42 Å². The second-order valence-corrected chi connectivity index (χ2v) is 4.58. The maximum absolute atomic E-state index is 11.9. The minimum atomic E-state index is -0.606. The number of ether oxygens (including phenoxy) is 1. The summed E-state index contributed by atoms with van der Waals surface area (Å²) in [5.74, 6) is 0.370. The van der Waals surface area contributed by atoms with E-state index in [9.17, 15) is 4.79 Å². The molecule has 8 heteroatoms. The number of nitrogens with zero attached hydrogens (tertiary/aromatic N) is 4. The van der Waals surface area contributed by atoms with Crippen LogP contribution in [0.15, 0.2) is 24.3 Å². The first-order valence-corrected chi connectivity index (χ1v) is 6.50. The molecule has 112 valence electrons. The van der Waals surface area contributed by atoms with Crippen LogP contribution >= 0.6 is 0 Å². The van der Waals surface area contributed by atoms with E-state index in [1.165, 1.54) is 0 Å². The van der Waals surface area contributed by atoms with Gasteiger partial charge in [0.25, 0.3) is 0 Å². The van der Waals surface area contributed by atoms with E-state index in [4.69, 9.17) is 10.5 Å². The number of anilines is 1. The Bertz CT molecular complexity index is 612. The number of tetrazole rings is 1. The van der Waals surface area contributed by atoms with Gasteiger partial charge < -0.3 is 15.8 Å². The first-order valence-electron chi connectivity index (χ1n) is 6.50. The fraction of sp³-hybridized carbons (Fsp3) is 0.385. The average Bonchev–Trinajstić information content (AvgIpc) is 2.91. The Morgan fingerprint density at radius 2 is 2.33 bits per heavy atom. The van der Waals surface area contributed by atoms with Crippen LogP contribution in [0.3, 0.4) is 0 Å². The van der Waals surface area contributed by atoms with Gasteiger partial charge in [-0.05, 0) is 29.0 Å². The number of hydrogen-bond acceptors (Lipinski definition) is 6. The summed E-state index contributed by atoms with van der Waals surface area (Å²) in [4.78, 5) is 11.9. The number of methoxy groups -OCH3 is 1. The monoisotopic (exact) mass is 290 g/mol. The van der Waals surface area contributed by atoms with E-state index in [1.54, 1.807) is 31.0 Å². The van der Waals surface area contributed by atoms with Crippen molar-refractivity contribution in [2.75, 3.05) is 19.0 Å². The van der Waals surface area contributed by atoms with Crippen molar-refractivity contribution < 1.29 is 9.53 Å². The van der Waals surface area contributed by atoms with Crippen molar-refractivity contribution in [1.82, 2.24) is 20.2 Å². The van der Waals surface area contributed by atoms with Crippen molar-refractivity contribution in [3.8, 4) is 11.4 Å². The lowest BCUT2D eigenvalue weighted by Crippen LogP contribution is -2.36. The Morgan fingerprint density at radius 1 is 1.52 bits per heavy atom. The molecular weight excluding hydrogens is 272 g/mol. The zero-order valence-electron chi connectivity index (χ0n) is 12.0. The second-order valence-electron chi connectivity index (χ2n) is 4.58. The lowest BCUT2D eigenvalue weighted by atomic mass is 10.1. The molecule has 1 aromatic heterocycles. The van der Waals surface area contributed by atoms with Crippen LogP contribution in [0.25, 0.3) is 11.4 Å². The van der Waals surface area contributed by atoms with Gasteiger partial charge >= 0.3 is 0 Å². The van der Waals surface area contributed by atoms with Crippen molar-refractivity contribution in [2.24, 2.45) is 12.8 Å². The lowest BCUT2D eigenvalue weighted by molar-refractivity contribution is -0.117. The second kappa shape index (κ2) is 6.91. The molecule has 0 saturated heterocycles. The molecule has 21 heavy (non-hydrogen) atoms. The van der Waals surface area contributed by atoms with Gasteiger partial charge in [-0.2, -0.15) is 0 Å². The third-order valence-electron chi connectivity index (χ3n) is 2.98. The van der Waals surface area contributed by atoms with Gasteiger partial charge in [-0.1, -0.05) is 12.1 Å². The summed E-state index contributed by atoms with van der Waals surface area (Å²) in [6, 6.07) is 6.66. The van der Waals surface area contributed by atoms with E-state index in [0.717, 1.165) is 5.56 Å². The minimum absolute atomic E-state index is 0.250. The molecule has 0 spiro atoms. The number of carbonyl (C=O) groups is 1. The SMILES string of the molecule is COCCC(N)C(=O)Nc1cccc(-c2nnnn2C)c1. The zero-order chi connectivity index (χ0) is 15.2. The van der Waals surface area contributed by atoms with Crippen LogP contribution in [-0.2, 0) is 16.6 Å². The molecule has 0 saturated carbocycles. The number of carbonyl (C=O) groups excluding carboxylic acids is 1. The molecule has 2 aromatic rings. The quantitative estimate of drug-likeness (QED) is 0.785. The smallest absolute Gasteiger partial charge is 0.241 e. The van der Waals surface area contributed by atoms with Crippen molar-refractivity contribution in [3.05, 3.63) is 24.3 Å². The third-order valence-corrected chi connectivity index (χ3v) is 2.98. The van der Waals surface area contributed by atoms with Crippen LogP contribution in [0.4, 0.5) is 5.69 Å². The van der Waals surface area contributed by atoms with Crippen molar-refractivity contribution in [2.45, 2.75) is 12.5 Å². The number of benzene rings is 1. The van der Waals surface area contributed by atoms with E-state index < -0.39 is 6.04 Å². The highest BCUT2D eigenvalue weighted by molar-refractivity contribution is 5.95. The number of amides is 1. The predicted molar refractivity (Wildman–Crippen MR) is 77.3 cm³/mol. The van der Waals surface area contributed by atoms with Crippen LogP contribution in [0.2, 0.25) is 0 Å². The van der Waals surface area contributed by atoms with Gasteiger partial charge in [0.1, 0.15) is 0 Å². The molecule has 1 amide bonds. The summed E-state index contributed by atoms with van der Waals surface area (Å²) in [6.07, 6.45) is 0.467. The molecular formula is C13H18N6O2. The zero-order valence-corrected chi connectivity index (χ0v) is 12.0. The maximum Gasteiger partial charge on any atom is 0.241 e. The minimum Gasteiger partial charge on any atom is -0.385 e. The highest BCUT2D eigenvalue weighted by Gasteiger charge is 2.14. The molecule has 0 radical (unpaired) electrons. The summed E-state index contributed by atoms with van der Waals surface area (Å²) in [5, 5.41) is 14.1. The van der Waals surface area contributed by atoms with Gasteiger partial charge in [-0.15, -0.1) is 5.10 Å². The number of rotatable bonds is 6. The molecule has 1 aromatic carbocycles. The van der Waals surface area contributed by atoms with Crippen LogP contribution < -0.4 is 11.1 Å². The van der Waals surface area contributed by atoms with Gasteiger partial charge in [0, 0.05) is 32.0 Å². The Labute approximate surface area is 122 Å². The van der Waals surface area contributed by atoms with E-state index in [1.807, 2.05) is 12.1 Å². The third kappa shape index (κ3) is 3.83. The van der Waals surface area contributed by atoms with Gasteiger partial charge in [0.15, 0.2) is 5.82 Å².